The molecule has 0 fully saturated rings. The van der Waals surface area contributed by atoms with Crippen molar-refractivity contribution in [3.63, 3.8) is 0 Å². The van der Waals surface area contributed by atoms with Crippen molar-refractivity contribution in [1.82, 2.24) is 0 Å². The van der Waals surface area contributed by atoms with Gasteiger partial charge < -0.3 is 0 Å². The van der Waals surface area contributed by atoms with Crippen molar-refractivity contribution in [2.24, 2.45) is 11.8 Å². The van der Waals surface area contributed by atoms with Crippen molar-refractivity contribution >= 4 is 25.1 Å². The van der Waals surface area contributed by atoms with Gasteiger partial charge in [-0.05, 0) is 0 Å². The van der Waals surface area contributed by atoms with E-state index in [1.54, 1.807) is 0 Å². The maximum absolute atomic E-state index is 2.51. The molecule has 0 atom stereocenters. The minimum atomic E-state index is -0.928. The molecule has 0 saturated heterocycles. The third-order valence-electron chi connectivity index (χ3n) is 2.99. The summed E-state index contributed by atoms with van der Waals surface area (Å²) in [5.74, 6) is 1.75. The van der Waals surface area contributed by atoms with E-state index in [4.69, 9.17) is 0 Å². The third kappa shape index (κ3) is 7.19. The summed E-state index contributed by atoms with van der Waals surface area (Å²) < 4.78 is 4.42. The molecule has 19 heavy (non-hydrogen) atoms. The average Bonchev–Trinajstić information content (AvgIpc) is 2.35. The Balaban J connectivity index is 2.63. The van der Waals surface area contributed by atoms with Crippen molar-refractivity contribution in [2.45, 2.75) is 48.0 Å². The second-order valence-electron chi connectivity index (χ2n) is 6.15. The Kier molecular flexibility index (Phi) is 7.81. The number of hydrogen-bond acceptors (Lipinski definition) is 0. The fourth-order valence-electron chi connectivity index (χ4n) is 2.21. The monoisotopic (exact) mass is 375 g/mol. The summed E-state index contributed by atoms with van der Waals surface area (Å²) in [6.07, 6.45) is 2.51. The molecular formula is C18H29Te+. The molecule has 0 nitrogen and oxygen atoms in total. The van der Waals surface area contributed by atoms with Crippen LogP contribution in [0, 0.1) is 11.8 Å². The first-order valence-electron chi connectivity index (χ1n) is 7.35. The molecule has 0 bridgehead atoms. The number of rotatable bonds is 7. The molecule has 0 heterocycles. The Bertz CT molecular complexity index is 366. The zero-order chi connectivity index (χ0) is 14.3. The molecule has 0 spiro atoms. The maximum atomic E-state index is 2.51. The van der Waals surface area contributed by atoms with E-state index < -0.39 is 19.6 Å². The molecule has 1 aromatic rings. The molecule has 0 aliphatic carbocycles. The molecule has 0 aliphatic rings. The van der Waals surface area contributed by atoms with E-state index in [1.807, 2.05) is 0 Å². The molecular weight excluding hydrogens is 344 g/mol. The van der Waals surface area contributed by atoms with E-state index in [2.05, 4.69) is 71.0 Å². The summed E-state index contributed by atoms with van der Waals surface area (Å²) in [7, 11) is 0. The van der Waals surface area contributed by atoms with Gasteiger partial charge in [0, 0.05) is 0 Å². The second kappa shape index (κ2) is 8.83. The number of benzene rings is 1. The normalized spacial score (nSPS) is 12.7. The third-order valence-corrected chi connectivity index (χ3v) is 11.3. The van der Waals surface area contributed by atoms with Gasteiger partial charge >= 0.3 is 127 Å². The van der Waals surface area contributed by atoms with E-state index in [-0.39, 0.29) is 0 Å². The van der Waals surface area contributed by atoms with Crippen molar-refractivity contribution < 1.29 is 0 Å². The van der Waals surface area contributed by atoms with E-state index in [0.717, 1.165) is 11.8 Å². The van der Waals surface area contributed by atoms with Crippen molar-refractivity contribution in [2.75, 3.05) is 0 Å². The Morgan fingerprint density at radius 3 is 2.00 bits per heavy atom. The van der Waals surface area contributed by atoms with E-state index in [1.165, 1.54) is 24.5 Å². The van der Waals surface area contributed by atoms with Crippen LogP contribution in [0.25, 0.3) is 5.57 Å². The number of allylic oxidation sites excluding steroid dienone is 2. The summed E-state index contributed by atoms with van der Waals surface area (Å²) in [5.41, 5.74) is 2.84. The van der Waals surface area contributed by atoms with Gasteiger partial charge in [0.2, 0.25) is 0 Å². The molecule has 0 aromatic heterocycles. The van der Waals surface area contributed by atoms with Crippen LogP contribution in [-0.2, 0) is 0 Å². The van der Waals surface area contributed by atoms with Gasteiger partial charge in [-0.25, -0.2) is 0 Å². The Labute approximate surface area is 127 Å². The molecule has 1 heteroatoms. The first-order valence-corrected chi connectivity index (χ1v) is 12.3. The summed E-state index contributed by atoms with van der Waals surface area (Å²) in [6, 6.07) is 10.8. The van der Waals surface area contributed by atoms with Crippen LogP contribution in [0.1, 0.15) is 40.2 Å². The van der Waals surface area contributed by atoms with Crippen LogP contribution in [0.3, 0.4) is 0 Å². The average molecular weight is 373 g/mol. The zero-order valence-corrected chi connectivity index (χ0v) is 15.5. The Hall–Kier alpha value is -0.250. The molecule has 0 amide bonds. The van der Waals surface area contributed by atoms with Crippen LogP contribution in [0.2, 0.25) is 13.4 Å². The summed E-state index contributed by atoms with van der Waals surface area (Å²) in [5, 5.41) is 0. The van der Waals surface area contributed by atoms with E-state index in [9.17, 15) is 0 Å². The van der Waals surface area contributed by atoms with Crippen molar-refractivity contribution in [3.05, 3.63) is 42.0 Å². The first kappa shape index (κ1) is 16.8. The van der Waals surface area contributed by atoms with Gasteiger partial charge in [-0.3, -0.25) is 0 Å². The van der Waals surface area contributed by atoms with Gasteiger partial charge in [0.25, 0.3) is 0 Å². The Morgan fingerprint density at radius 1 is 1.00 bits per heavy atom. The van der Waals surface area contributed by atoms with Crippen LogP contribution in [0.15, 0.2) is 36.4 Å². The van der Waals surface area contributed by atoms with Gasteiger partial charge in [0.05, 0.1) is 0 Å². The van der Waals surface area contributed by atoms with Crippen LogP contribution in [0.5, 0.6) is 0 Å². The van der Waals surface area contributed by atoms with E-state index >= 15 is 0 Å². The second-order valence-corrected chi connectivity index (χ2v) is 12.5. The molecule has 0 radical (unpaired) electrons. The van der Waals surface area contributed by atoms with E-state index in [0.29, 0.717) is 0 Å². The molecule has 0 aliphatic heterocycles. The van der Waals surface area contributed by atoms with Gasteiger partial charge in [-0.2, -0.15) is 0 Å². The molecule has 1 aromatic carbocycles. The molecule has 0 unspecified atom stereocenters. The summed E-state index contributed by atoms with van der Waals surface area (Å²) in [4.78, 5) is 0. The van der Waals surface area contributed by atoms with Crippen LogP contribution in [0.4, 0.5) is 0 Å². The summed E-state index contributed by atoms with van der Waals surface area (Å²) in [6.45, 7) is 11.8. The van der Waals surface area contributed by atoms with Crippen LogP contribution >= 0.6 is 0 Å². The predicted molar refractivity (Wildman–Crippen MR) is 89.9 cm³/mol. The van der Waals surface area contributed by atoms with Crippen LogP contribution < -0.4 is 0 Å². The Morgan fingerprint density at radius 2 is 1.53 bits per heavy atom. The number of hydrogen-bond donors (Lipinski definition) is 0. The van der Waals surface area contributed by atoms with Gasteiger partial charge in [0.15, 0.2) is 0 Å². The van der Waals surface area contributed by atoms with Gasteiger partial charge in [0.1, 0.15) is 0 Å². The van der Waals surface area contributed by atoms with Gasteiger partial charge in [-0.1, -0.05) is 0 Å². The first-order chi connectivity index (χ1) is 8.99. The van der Waals surface area contributed by atoms with Gasteiger partial charge in [-0.15, -0.1) is 0 Å². The van der Waals surface area contributed by atoms with Crippen molar-refractivity contribution in [3.8, 4) is 0 Å². The molecule has 1 rings (SSSR count). The SMILES string of the molecule is C/C(=C/C[Te+](CC(C)C)CC(C)C)c1ccccc1. The fourth-order valence-corrected chi connectivity index (χ4v) is 10.1. The van der Waals surface area contributed by atoms with Crippen molar-refractivity contribution in [1.29, 1.82) is 0 Å². The molecule has 0 N–H and O–H groups in total. The molecule has 0 saturated carbocycles. The minimum absolute atomic E-state index is 0.876. The zero-order valence-electron chi connectivity index (χ0n) is 13.1. The topological polar surface area (TPSA) is 0 Å². The quantitative estimate of drug-likeness (QED) is 0.523. The fraction of sp³-hybridized carbons (Fsp3) is 0.556. The predicted octanol–water partition coefficient (Wildman–Crippen LogP) is 5.90. The summed E-state index contributed by atoms with van der Waals surface area (Å²) >= 11 is -0.928. The van der Waals surface area contributed by atoms with Crippen LogP contribution in [-0.4, -0.2) is 19.6 Å². The standard InChI is InChI=1S/C18H29Te/c1-15(2)13-19(14-16(3)4)12-11-17(5)18-9-7-6-8-10-18/h6-11,15-16H,12-14H2,1-5H3/q+1/b17-11-. The molecule has 106 valence electrons.